The molecule has 24 heavy (non-hydrogen) atoms. The van der Waals surface area contributed by atoms with Crippen molar-refractivity contribution in [3.05, 3.63) is 23.8 Å². The van der Waals surface area contributed by atoms with Crippen LogP contribution >= 0.6 is 11.3 Å². The summed E-state index contributed by atoms with van der Waals surface area (Å²) in [6.07, 6.45) is -3.05. The molecule has 1 fully saturated rings. The zero-order chi connectivity index (χ0) is 16.8. The predicted octanol–water partition coefficient (Wildman–Crippen LogP) is -0.252. The van der Waals surface area contributed by atoms with Crippen molar-refractivity contribution in [3.63, 3.8) is 0 Å². The second kappa shape index (κ2) is 5.76. The average Bonchev–Trinajstić information content (AvgIpc) is 3.28. The molecule has 0 unspecified atom stereocenters. The molecule has 0 aromatic carbocycles. The number of nitrogens with two attached hydrogens (primary N) is 1. The molecule has 0 bridgehead atoms. The Balaban J connectivity index is 1.90. The summed E-state index contributed by atoms with van der Waals surface area (Å²) in [5, 5.41) is 36.5. The molecule has 0 aliphatic carbocycles. The van der Waals surface area contributed by atoms with Crippen LogP contribution in [0.25, 0.3) is 21.6 Å². The third-order valence-corrected chi connectivity index (χ3v) is 4.91. The molecule has 0 amide bonds. The van der Waals surface area contributed by atoms with Crippen LogP contribution in [0.4, 0.5) is 5.82 Å². The first-order valence-corrected chi connectivity index (χ1v) is 8.14. The van der Waals surface area contributed by atoms with Crippen molar-refractivity contribution in [1.29, 1.82) is 0 Å². The number of aliphatic hydroxyl groups is 3. The molecule has 1 aliphatic rings. The van der Waals surface area contributed by atoms with Crippen LogP contribution in [0.1, 0.15) is 6.23 Å². The Bertz CT molecular complexity index is 868. The van der Waals surface area contributed by atoms with Crippen molar-refractivity contribution in [2.75, 3.05) is 12.3 Å². The zero-order valence-corrected chi connectivity index (χ0v) is 13.2. The number of fused-ring (bicyclic) bond motifs is 1. The summed E-state index contributed by atoms with van der Waals surface area (Å²) in [7, 11) is 0. The van der Waals surface area contributed by atoms with Gasteiger partial charge >= 0.3 is 0 Å². The van der Waals surface area contributed by atoms with Crippen molar-refractivity contribution in [3.8, 4) is 10.6 Å². The van der Waals surface area contributed by atoms with E-state index in [1.165, 1.54) is 22.3 Å². The fraction of sp³-hybridized carbons (Fsp3) is 0.357. The topological polar surface area (TPSA) is 140 Å². The number of rotatable bonds is 3. The molecule has 3 aromatic heterocycles. The first-order chi connectivity index (χ1) is 11.6. The third kappa shape index (κ3) is 2.19. The molecule has 1 aliphatic heterocycles. The minimum absolute atomic E-state index is 0.265. The Kier molecular flexibility index (Phi) is 3.70. The molecule has 126 valence electrons. The van der Waals surface area contributed by atoms with E-state index in [9.17, 15) is 15.3 Å². The number of aromatic nitrogens is 4. The molecule has 0 radical (unpaired) electrons. The molecule has 4 heterocycles. The predicted molar refractivity (Wildman–Crippen MR) is 86.1 cm³/mol. The molecule has 0 saturated carbocycles. The summed E-state index contributed by atoms with van der Waals surface area (Å²) in [5.41, 5.74) is 6.97. The SMILES string of the molecule is Nc1ncnc2c1c(-c1cccs1)nn2[C@@H]1O[C@H](CO)[C@@H](O)[C@H]1O. The van der Waals surface area contributed by atoms with Crippen molar-refractivity contribution >= 4 is 28.2 Å². The zero-order valence-electron chi connectivity index (χ0n) is 12.4. The number of nitrogens with zero attached hydrogens (tertiary/aromatic N) is 4. The third-order valence-electron chi connectivity index (χ3n) is 4.03. The van der Waals surface area contributed by atoms with E-state index >= 15 is 0 Å². The second-order valence-electron chi connectivity index (χ2n) is 5.46. The summed E-state index contributed by atoms with van der Waals surface area (Å²) in [5.74, 6) is 0.265. The molecular formula is C14H15N5O4S. The van der Waals surface area contributed by atoms with E-state index < -0.39 is 31.1 Å². The van der Waals surface area contributed by atoms with Gasteiger partial charge in [0.25, 0.3) is 0 Å². The van der Waals surface area contributed by atoms with Crippen molar-refractivity contribution in [2.45, 2.75) is 24.5 Å². The lowest BCUT2D eigenvalue weighted by atomic mass is 10.1. The molecule has 3 aromatic rings. The van der Waals surface area contributed by atoms with Gasteiger partial charge in [0.1, 0.15) is 36.2 Å². The maximum atomic E-state index is 10.3. The van der Waals surface area contributed by atoms with Gasteiger partial charge in [-0.1, -0.05) is 6.07 Å². The first-order valence-electron chi connectivity index (χ1n) is 7.27. The van der Waals surface area contributed by atoms with Gasteiger partial charge in [0.15, 0.2) is 11.9 Å². The average molecular weight is 349 g/mol. The van der Waals surface area contributed by atoms with Gasteiger partial charge in [0, 0.05) is 0 Å². The highest BCUT2D eigenvalue weighted by Crippen LogP contribution is 2.37. The molecule has 4 atom stereocenters. The van der Waals surface area contributed by atoms with Gasteiger partial charge in [0.05, 0.1) is 16.9 Å². The lowest BCUT2D eigenvalue weighted by molar-refractivity contribution is -0.0565. The molecule has 0 spiro atoms. The highest BCUT2D eigenvalue weighted by molar-refractivity contribution is 7.13. The number of nitrogen functional groups attached to an aromatic ring is 1. The van der Waals surface area contributed by atoms with Crippen LogP contribution in [0.5, 0.6) is 0 Å². The van der Waals surface area contributed by atoms with Gasteiger partial charge in [-0.2, -0.15) is 5.10 Å². The minimum Gasteiger partial charge on any atom is -0.394 e. The summed E-state index contributed by atoms with van der Waals surface area (Å²) in [4.78, 5) is 9.08. The Morgan fingerprint density at radius 1 is 1.29 bits per heavy atom. The fourth-order valence-electron chi connectivity index (χ4n) is 2.84. The molecule has 9 nitrogen and oxygen atoms in total. The van der Waals surface area contributed by atoms with Crippen LogP contribution in [-0.2, 0) is 4.74 Å². The quantitative estimate of drug-likeness (QED) is 0.507. The van der Waals surface area contributed by atoms with Gasteiger partial charge < -0.3 is 25.8 Å². The largest absolute Gasteiger partial charge is 0.394 e. The first kappa shape index (κ1) is 15.4. The van der Waals surface area contributed by atoms with E-state index in [1.807, 2.05) is 17.5 Å². The highest BCUT2D eigenvalue weighted by Gasteiger charge is 2.44. The Morgan fingerprint density at radius 3 is 2.79 bits per heavy atom. The molecule has 10 heteroatoms. The number of ether oxygens (including phenoxy) is 1. The maximum Gasteiger partial charge on any atom is 0.181 e. The normalized spacial score (nSPS) is 27.1. The van der Waals surface area contributed by atoms with Gasteiger partial charge in [-0.15, -0.1) is 11.3 Å². The van der Waals surface area contributed by atoms with E-state index in [0.29, 0.717) is 16.7 Å². The van der Waals surface area contributed by atoms with E-state index in [-0.39, 0.29) is 5.82 Å². The van der Waals surface area contributed by atoms with E-state index in [4.69, 9.17) is 10.5 Å². The van der Waals surface area contributed by atoms with E-state index in [1.54, 1.807) is 0 Å². The Morgan fingerprint density at radius 2 is 2.12 bits per heavy atom. The van der Waals surface area contributed by atoms with Gasteiger partial charge in [0.2, 0.25) is 0 Å². The van der Waals surface area contributed by atoms with Crippen LogP contribution in [0.3, 0.4) is 0 Å². The van der Waals surface area contributed by atoms with Crippen LogP contribution < -0.4 is 5.73 Å². The monoisotopic (exact) mass is 349 g/mol. The smallest absolute Gasteiger partial charge is 0.181 e. The summed E-state index contributed by atoms with van der Waals surface area (Å²) in [6, 6.07) is 3.78. The second-order valence-corrected chi connectivity index (χ2v) is 6.40. The van der Waals surface area contributed by atoms with Gasteiger partial charge in [-0.3, -0.25) is 0 Å². The Hall–Kier alpha value is -2.11. The van der Waals surface area contributed by atoms with Crippen LogP contribution in [-0.4, -0.2) is 60.0 Å². The van der Waals surface area contributed by atoms with Gasteiger partial charge in [-0.25, -0.2) is 14.6 Å². The summed E-state index contributed by atoms with van der Waals surface area (Å²) < 4.78 is 6.93. The molecule has 1 saturated heterocycles. The number of hydrogen-bond acceptors (Lipinski definition) is 9. The lowest BCUT2D eigenvalue weighted by Crippen LogP contribution is -2.33. The van der Waals surface area contributed by atoms with E-state index in [0.717, 1.165) is 4.88 Å². The van der Waals surface area contributed by atoms with Crippen LogP contribution in [0, 0.1) is 0 Å². The molecular weight excluding hydrogens is 334 g/mol. The standard InChI is InChI=1S/C14H15N5O4S/c15-12-8-9(7-2-1-3-24-7)18-19(13(8)17-5-16-12)14-11(22)10(21)6(4-20)23-14/h1-3,5-6,10-11,14,20-22H,4H2,(H2,15,16,17)/t6-,10-,11-,14-/m1/s1. The van der Waals surface area contributed by atoms with Crippen LogP contribution in [0.15, 0.2) is 23.8 Å². The lowest BCUT2D eigenvalue weighted by Gasteiger charge is -2.15. The minimum atomic E-state index is -1.25. The number of thiophene rings is 1. The van der Waals surface area contributed by atoms with Crippen molar-refractivity contribution in [1.82, 2.24) is 19.7 Å². The molecule has 5 N–H and O–H groups in total. The molecule has 4 rings (SSSR count). The van der Waals surface area contributed by atoms with Gasteiger partial charge in [-0.05, 0) is 11.4 Å². The maximum absolute atomic E-state index is 10.3. The van der Waals surface area contributed by atoms with Crippen LogP contribution in [0.2, 0.25) is 0 Å². The van der Waals surface area contributed by atoms with E-state index in [2.05, 4.69) is 15.1 Å². The van der Waals surface area contributed by atoms with Crippen molar-refractivity contribution in [2.24, 2.45) is 0 Å². The number of anilines is 1. The van der Waals surface area contributed by atoms with Crippen molar-refractivity contribution < 1.29 is 20.1 Å². The number of aliphatic hydroxyl groups excluding tert-OH is 3. The summed E-state index contributed by atoms with van der Waals surface area (Å²) >= 11 is 1.48. The highest BCUT2D eigenvalue weighted by atomic mass is 32.1. The number of hydrogen-bond donors (Lipinski definition) is 4. The summed E-state index contributed by atoms with van der Waals surface area (Å²) in [6.45, 7) is -0.414. The fourth-order valence-corrected chi connectivity index (χ4v) is 3.56. The Labute approximate surface area is 140 Å².